The molecule has 0 atom stereocenters. The van der Waals surface area contributed by atoms with Crippen molar-refractivity contribution in [1.29, 1.82) is 0 Å². The first-order chi connectivity index (χ1) is 7.00. The molecule has 0 aromatic heterocycles. The highest BCUT2D eigenvalue weighted by Crippen LogP contribution is 2.15. The van der Waals surface area contributed by atoms with Crippen LogP contribution in [0.1, 0.15) is 0 Å². The molecule has 0 aliphatic rings. The molecule has 7 heteroatoms. The highest BCUT2D eigenvalue weighted by atomic mass is 19.3. The van der Waals surface area contributed by atoms with Crippen LogP contribution in [-0.2, 0) is 0 Å². The van der Waals surface area contributed by atoms with Crippen LogP contribution < -0.4 is 10.2 Å². The fourth-order valence-corrected chi connectivity index (χ4v) is 0.944. The van der Waals surface area contributed by atoms with E-state index in [-0.39, 0.29) is 5.46 Å². The van der Waals surface area contributed by atoms with Crippen LogP contribution >= 0.6 is 0 Å². The first-order valence-corrected chi connectivity index (χ1v) is 4.07. The van der Waals surface area contributed by atoms with Crippen molar-refractivity contribution >= 4 is 12.6 Å². The minimum absolute atomic E-state index is 0.0272. The quantitative estimate of drug-likeness (QED) is 0.710. The van der Waals surface area contributed by atoms with Gasteiger partial charge < -0.3 is 14.8 Å². The van der Waals surface area contributed by atoms with E-state index < -0.39 is 31.7 Å². The first-order valence-electron chi connectivity index (χ1n) is 4.07. The van der Waals surface area contributed by atoms with Crippen LogP contribution in [0.5, 0.6) is 5.75 Å². The Balaban J connectivity index is 2.81. The first kappa shape index (κ1) is 11.9. The van der Waals surface area contributed by atoms with Crippen molar-refractivity contribution in [3.05, 3.63) is 24.0 Å². The van der Waals surface area contributed by atoms with E-state index in [1.807, 2.05) is 0 Å². The standard InChI is InChI=1S/C8H8BF3O3/c10-6-2-1-5(9(13)14)3-7(6)15-4-8(11)12/h1-3,8,13-14H,4H2. The van der Waals surface area contributed by atoms with Crippen molar-refractivity contribution in [2.75, 3.05) is 6.61 Å². The van der Waals surface area contributed by atoms with Gasteiger partial charge in [-0.3, -0.25) is 0 Å². The van der Waals surface area contributed by atoms with Crippen molar-refractivity contribution in [2.45, 2.75) is 6.43 Å². The number of hydrogen-bond acceptors (Lipinski definition) is 3. The average molecular weight is 220 g/mol. The van der Waals surface area contributed by atoms with E-state index >= 15 is 0 Å². The second kappa shape index (κ2) is 5.04. The summed E-state index contributed by atoms with van der Waals surface area (Å²) >= 11 is 0. The van der Waals surface area contributed by atoms with E-state index in [0.717, 1.165) is 18.2 Å². The summed E-state index contributed by atoms with van der Waals surface area (Å²) in [6, 6.07) is 2.99. The summed E-state index contributed by atoms with van der Waals surface area (Å²) in [4.78, 5) is 0. The van der Waals surface area contributed by atoms with E-state index in [4.69, 9.17) is 10.0 Å². The molecular weight excluding hydrogens is 212 g/mol. The predicted molar refractivity (Wildman–Crippen MR) is 47.7 cm³/mol. The minimum atomic E-state index is -2.72. The van der Waals surface area contributed by atoms with Gasteiger partial charge in [-0.2, -0.15) is 0 Å². The predicted octanol–water partition coefficient (Wildman–Crippen LogP) is 0.149. The summed E-state index contributed by atoms with van der Waals surface area (Å²) in [6.07, 6.45) is -2.72. The summed E-state index contributed by atoms with van der Waals surface area (Å²) in [6.45, 7) is -0.943. The average Bonchev–Trinajstić information content (AvgIpc) is 2.16. The van der Waals surface area contributed by atoms with Crippen molar-refractivity contribution < 1.29 is 28.0 Å². The third-order valence-corrected chi connectivity index (χ3v) is 1.62. The zero-order valence-corrected chi connectivity index (χ0v) is 7.53. The van der Waals surface area contributed by atoms with Crippen molar-refractivity contribution in [2.24, 2.45) is 0 Å². The lowest BCUT2D eigenvalue weighted by Crippen LogP contribution is -2.30. The Kier molecular flexibility index (Phi) is 3.99. The minimum Gasteiger partial charge on any atom is -0.485 e. The molecule has 0 radical (unpaired) electrons. The van der Waals surface area contributed by atoms with E-state index in [9.17, 15) is 13.2 Å². The van der Waals surface area contributed by atoms with E-state index in [0.29, 0.717) is 0 Å². The summed E-state index contributed by atoms with van der Waals surface area (Å²) in [5.74, 6) is -1.26. The van der Waals surface area contributed by atoms with Gasteiger partial charge in [0.15, 0.2) is 11.6 Å². The number of alkyl halides is 2. The molecule has 0 unspecified atom stereocenters. The topological polar surface area (TPSA) is 49.7 Å². The van der Waals surface area contributed by atoms with Gasteiger partial charge in [0, 0.05) is 0 Å². The highest BCUT2D eigenvalue weighted by Gasteiger charge is 2.15. The van der Waals surface area contributed by atoms with Crippen molar-refractivity contribution in [3.63, 3.8) is 0 Å². The smallest absolute Gasteiger partial charge is 0.485 e. The Morgan fingerprint density at radius 3 is 2.53 bits per heavy atom. The monoisotopic (exact) mass is 220 g/mol. The van der Waals surface area contributed by atoms with Crippen LogP contribution in [0, 0.1) is 5.82 Å². The molecule has 1 aromatic rings. The van der Waals surface area contributed by atoms with Crippen LogP contribution in [0.25, 0.3) is 0 Å². The molecule has 15 heavy (non-hydrogen) atoms. The molecular formula is C8H8BF3O3. The van der Waals surface area contributed by atoms with Crippen LogP contribution in [0.4, 0.5) is 13.2 Å². The summed E-state index contributed by atoms with van der Waals surface area (Å²) in [5, 5.41) is 17.5. The molecule has 82 valence electrons. The molecule has 1 rings (SSSR count). The molecule has 0 spiro atoms. The maximum absolute atomic E-state index is 13.0. The largest absolute Gasteiger partial charge is 0.488 e. The molecule has 1 aromatic carbocycles. The van der Waals surface area contributed by atoms with Gasteiger partial charge >= 0.3 is 7.12 Å². The van der Waals surface area contributed by atoms with Crippen LogP contribution in [-0.4, -0.2) is 30.2 Å². The van der Waals surface area contributed by atoms with E-state index in [2.05, 4.69) is 4.74 Å². The molecule has 2 N–H and O–H groups in total. The third kappa shape index (κ3) is 3.45. The molecule has 0 aliphatic heterocycles. The van der Waals surface area contributed by atoms with Gasteiger partial charge in [-0.25, -0.2) is 13.2 Å². The maximum Gasteiger partial charge on any atom is 0.488 e. The Hall–Kier alpha value is -1.21. The van der Waals surface area contributed by atoms with Gasteiger partial charge in [0.2, 0.25) is 0 Å². The van der Waals surface area contributed by atoms with Gasteiger partial charge in [0.05, 0.1) is 0 Å². The number of hydrogen-bond donors (Lipinski definition) is 2. The SMILES string of the molecule is OB(O)c1ccc(F)c(OCC(F)F)c1. The Bertz CT molecular complexity index is 333. The van der Waals surface area contributed by atoms with Crippen LogP contribution in [0.15, 0.2) is 18.2 Å². The van der Waals surface area contributed by atoms with E-state index in [1.54, 1.807) is 0 Å². The fraction of sp³-hybridized carbons (Fsp3) is 0.250. The number of benzene rings is 1. The molecule has 0 fully saturated rings. The second-order valence-electron chi connectivity index (χ2n) is 2.77. The lowest BCUT2D eigenvalue weighted by atomic mass is 9.80. The van der Waals surface area contributed by atoms with Gasteiger partial charge in [-0.05, 0) is 17.6 Å². The fourth-order valence-electron chi connectivity index (χ4n) is 0.944. The van der Waals surface area contributed by atoms with Crippen molar-refractivity contribution in [1.82, 2.24) is 0 Å². The summed E-state index contributed by atoms with van der Waals surface area (Å²) in [5.41, 5.74) is -0.0272. The lowest BCUT2D eigenvalue weighted by molar-refractivity contribution is 0.0799. The Labute approximate surface area is 84.3 Å². The number of rotatable bonds is 4. The van der Waals surface area contributed by atoms with Gasteiger partial charge in [-0.1, -0.05) is 6.07 Å². The van der Waals surface area contributed by atoms with Gasteiger partial charge in [0.1, 0.15) is 6.61 Å². The van der Waals surface area contributed by atoms with Crippen molar-refractivity contribution in [3.8, 4) is 5.75 Å². The Morgan fingerprint density at radius 2 is 2.00 bits per heavy atom. The van der Waals surface area contributed by atoms with Crippen LogP contribution in [0.2, 0.25) is 0 Å². The normalized spacial score (nSPS) is 10.5. The third-order valence-electron chi connectivity index (χ3n) is 1.62. The molecule has 3 nitrogen and oxygen atoms in total. The van der Waals surface area contributed by atoms with Crippen LogP contribution in [0.3, 0.4) is 0 Å². The number of halogens is 3. The maximum atomic E-state index is 13.0. The zero-order chi connectivity index (χ0) is 11.4. The molecule has 0 heterocycles. The summed E-state index contributed by atoms with van der Waals surface area (Å²) < 4.78 is 40.9. The number of ether oxygens (including phenoxy) is 1. The molecule has 0 amide bonds. The second-order valence-corrected chi connectivity index (χ2v) is 2.77. The Morgan fingerprint density at radius 1 is 1.33 bits per heavy atom. The molecule has 0 aliphatic carbocycles. The summed E-state index contributed by atoms with van der Waals surface area (Å²) in [7, 11) is -1.79. The highest BCUT2D eigenvalue weighted by molar-refractivity contribution is 6.58. The van der Waals surface area contributed by atoms with Gasteiger partial charge in [0.25, 0.3) is 6.43 Å². The molecule has 0 bridgehead atoms. The van der Waals surface area contributed by atoms with Gasteiger partial charge in [-0.15, -0.1) is 0 Å². The molecule has 0 saturated carbocycles. The molecule has 0 saturated heterocycles. The van der Waals surface area contributed by atoms with E-state index in [1.165, 1.54) is 0 Å². The zero-order valence-electron chi connectivity index (χ0n) is 7.53. The lowest BCUT2D eigenvalue weighted by Gasteiger charge is -2.08.